The number of aromatic carboxylic acids is 1. The van der Waals surface area contributed by atoms with E-state index >= 15 is 0 Å². The minimum absolute atomic E-state index is 0.265. The molecule has 3 N–H and O–H groups in total. The number of carbonyl (C=O) groups excluding carboxylic acids is 1. The first-order chi connectivity index (χ1) is 8.13. The van der Waals surface area contributed by atoms with Crippen LogP contribution >= 0.6 is 11.3 Å². The van der Waals surface area contributed by atoms with Gasteiger partial charge in [-0.25, -0.2) is 9.59 Å². The van der Waals surface area contributed by atoms with E-state index in [2.05, 4.69) is 10.6 Å². The lowest BCUT2D eigenvalue weighted by atomic mass is 10.4. The SMILES string of the molecule is COCCNC(=O)NCc1ccc(C(=O)O)s1. The van der Waals surface area contributed by atoms with Gasteiger partial charge in [0.25, 0.3) is 0 Å². The third kappa shape index (κ3) is 4.83. The average molecular weight is 258 g/mol. The monoisotopic (exact) mass is 258 g/mol. The molecule has 0 aliphatic heterocycles. The zero-order chi connectivity index (χ0) is 12.7. The number of hydrogen-bond acceptors (Lipinski definition) is 4. The summed E-state index contributed by atoms with van der Waals surface area (Å²) in [4.78, 5) is 22.9. The van der Waals surface area contributed by atoms with Gasteiger partial charge in [-0.3, -0.25) is 0 Å². The Morgan fingerprint density at radius 2 is 2.18 bits per heavy atom. The van der Waals surface area contributed by atoms with Crippen LogP contribution in [-0.4, -0.2) is 37.4 Å². The number of nitrogens with one attached hydrogen (secondary N) is 2. The van der Waals surface area contributed by atoms with Crippen molar-refractivity contribution in [3.05, 3.63) is 21.9 Å². The van der Waals surface area contributed by atoms with E-state index < -0.39 is 5.97 Å². The molecule has 0 unspecified atom stereocenters. The molecule has 0 atom stereocenters. The Hall–Kier alpha value is -1.60. The molecule has 1 aromatic rings. The summed E-state index contributed by atoms with van der Waals surface area (Å²) < 4.78 is 4.78. The van der Waals surface area contributed by atoms with Crippen molar-refractivity contribution in [1.29, 1.82) is 0 Å². The smallest absolute Gasteiger partial charge is 0.345 e. The minimum Gasteiger partial charge on any atom is -0.477 e. The van der Waals surface area contributed by atoms with Crippen molar-refractivity contribution in [1.82, 2.24) is 10.6 Å². The van der Waals surface area contributed by atoms with Crippen molar-refractivity contribution in [3.8, 4) is 0 Å². The molecule has 0 spiro atoms. The molecule has 0 aliphatic rings. The normalized spacial score (nSPS) is 9.94. The number of rotatable bonds is 6. The number of urea groups is 1. The summed E-state index contributed by atoms with van der Waals surface area (Å²) in [6.07, 6.45) is 0. The highest BCUT2D eigenvalue weighted by molar-refractivity contribution is 7.13. The predicted octanol–water partition coefficient (Wildman–Crippen LogP) is 0.892. The summed E-state index contributed by atoms with van der Waals surface area (Å²) in [7, 11) is 1.55. The summed E-state index contributed by atoms with van der Waals surface area (Å²) in [6, 6.07) is 2.91. The van der Waals surface area contributed by atoms with Gasteiger partial charge in [-0.15, -0.1) is 11.3 Å². The maximum atomic E-state index is 11.2. The van der Waals surface area contributed by atoms with Crippen LogP contribution < -0.4 is 10.6 Å². The quantitative estimate of drug-likeness (QED) is 0.661. The standard InChI is InChI=1S/C10H14N2O4S/c1-16-5-4-11-10(15)12-6-7-2-3-8(17-7)9(13)14/h2-3H,4-6H2,1H3,(H,13,14)(H2,11,12,15). The van der Waals surface area contributed by atoms with Gasteiger partial charge in [0.1, 0.15) is 4.88 Å². The molecule has 2 amide bonds. The molecular formula is C10H14N2O4S. The van der Waals surface area contributed by atoms with E-state index in [-0.39, 0.29) is 10.9 Å². The number of ether oxygens (including phenoxy) is 1. The Morgan fingerprint density at radius 1 is 1.41 bits per heavy atom. The number of amides is 2. The lowest BCUT2D eigenvalue weighted by Crippen LogP contribution is -2.36. The second kappa shape index (κ2) is 6.87. The summed E-state index contributed by atoms with van der Waals surface area (Å²) in [5.41, 5.74) is 0. The van der Waals surface area contributed by atoms with E-state index in [9.17, 15) is 9.59 Å². The molecule has 7 heteroatoms. The van der Waals surface area contributed by atoms with E-state index in [0.29, 0.717) is 19.7 Å². The van der Waals surface area contributed by atoms with Crippen LogP contribution in [0.1, 0.15) is 14.5 Å². The van der Waals surface area contributed by atoms with Gasteiger partial charge in [0.2, 0.25) is 0 Å². The summed E-state index contributed by atoms with van der Waals surface area (Å²) in [6.45, 7) is 1.21. The molecule has 0 aromatic carbocycles. The van der Waals surface area contributed by atoms with E-state index in [1.54, 1.807) is 13.2 Å². The van der Waals surface area contributed by atoms with Gasteiger partial charge < -0.3 is 20.5 Å². The number of carboxylic acid groups (broad SMARTS) is 1. The van der Waals surface area contributed by atoms with E-state index in [0.717, 1.165) is 16.2 Å². The Kier molecular flexibility index (Phi) is 5.44. The molecule has 0 saturated carbocycles. The van der Waals surface area contributed by atoms with Crippen molar-refractivity contribution in [2.24, 2.45) is 0 Å². The Bertz CT molecular complexity index is 391. The maximum absolute atomic E-state index is 11.2. The molecule has 17 heavy (non-hydrogen) atoms. The van der Waals surface area contributed by atoms with Crippen molar-refractivity contribution in [3.63, 3.8) is 0 Å². The van der Waals surface area contributed by atoms with Gasteiger partial charge in [-0.1, -0.05) is 0 Å². The molecule has 0 fully saturated rings. The average Bonchev–Trinajstić information content (AvgIpc) is 2.75. The molecule has 0 radical (unpaired) electrons. The lowest BCUT2D eigenvalue weighted by Gasteiger charge is -2.05. The fourth-order valence-electron chi connectivity index (χ4n) is 1.08. The molecule has 6 nitrogen and oxygen atoms in total. The highest BCUT2D eigenvalue weighted by Gasteiger charge is 2.07. The van der Waals surface area contributed by atoms with Crippen LogP contribution in [0.5, 0.6) is 0 Å². The molecule has 1 heterocycles. The highest BCUT2D eigenvalue weighted by atomic mass is 32.1. The van der Waals surface area contributed by atoms with E-state index in [1.807, 2.05) is 0 Å². The van der Waals surface area contributed by atoms with Gasteiger partial charge >= 0.3 is 12.0 Å². The minimum atomic E-state index is -0.953. The summed E-state index contributed by atoms with van der Waals surface area (Å²) in [5, 5.41) is 13.9. The number of methoxy groups -OCH3 is 1. The van der Waals surface area contributed by atoms with Crippen molar-refractivity contribution < 1.29 is 19.4 Å². The van der Waals surface area contributed by atoms with Crippen molar-refractivity contribution in [2.45, 2.75) is 6.54 Å². The zero-order valence-electron chi connectivity index (χ0n) is 9.36. The van der Waals surface area contributed by atoms with Crippen LogP contribution in [0.15, 0.2) is 12.1 Å². The fourth-order valence-corrected chi connectivity index (χ4v) is 1.87. The van der Waals surface area contributed by atoms with Gasteiger partial charge in [0, 0.05) is 18.5 Å². The van der Waals surface area contributed by atoms with Gasteiger partial charge in [-0.05, 0) is 12.1 Å². The fraction of sp³-hybridized carbons (Fsp3) is 0.400. The molecular weight excluding hydrogens is 244 g/mol. The van der Waals surface area contributed by atoms with Gasteiger partial charge in [0.05, 0.1) is 13.2 Å². The maximum Gasteiger partial charge on any atom is 0.345 e. The largest absolute Gasteiger partial charge is 0.477 e. The summed E-state index contributed by atoms with van der Waals surface area (Å²) in [5.74, 6) is -0.953. The second-order valence-corrected chi connectivity index (χ2v) is 4.34. The molecule has 0 bridgehead atoms. The first-order valence-corrected chi connectivity index (χ1v) is 5.77. The van der Waals surface area contributed by atoms with Crippen LogP contribution in [-0.2, 0) is 11.3 Å². The number of carboxylic acids is 1. The third-order valence-corrected chi connectivity index (χ3v) is 2.96. The van der Waals surface area contributed by atoms with E-state index in [4.69, 9.17) is 9.84 Å². The lowest BCUT2D eigenvalue weighted by molar-refractivity contribution is 0.0702. The molecule has 0 aliphatic carbocycles. The van der Waals surface area contributed by atoms with Gasteiger partial charge in [-0.2, -0.15) is 0 Å². The summed E-state index contributed by atoms with van der Waals surface area (Å²) >= 11 is 1.14. The Labute approximate surface area is 103 Å². The van der Waals surface area contributed by atoms with Crippen LogP contribution in [0.2, 0.25) is 0 Å². The first-order valence-electron chi connectivity index (χ1n) is 4.96. The third-order valence-electron chi connectivity index (χ3n) is 1.89. The Morgan fingerprint density at radius 3 is 2.76 bits per heavy atom. The van der Waals surface area contributed by atoms with Crippen molar-refractivity contribution in [2.75, 3.05) is 20.3 Å². The molecule has 94 valence electrons. The van der Waals surface area contributed by atoms with Crippen LogP contribution in [0.4, 0.5) is 4.79 Å². The van der Waals surface area contributed by atoms with Crippen LogP contribution in [0, 0.1) is 0 Å². The number of thiophene rings is 1. The van der Waals surface area contributed by atoms with Crippen molar-refractivity contribution >= 4 is 23.3 Å². The highest BCUT2D eigenvalue weighted by Crippen LogP contribution is 2.15. The number of hydrogen-bond donors (Lipinski definition) is 3. The Balaban J connectivity index is 2.29. The van der Waals surface area contributed by atoms with E-state index in [1.165, 1.54) is 6.07 Å². The molecule has 1 aromatic heterocycles. The zero-order valence-corrected chi connectivity index (χ0v) is 10.2. The first kappa shape index (κ1) is 13.5. The predicted molar refractivity (Wildman–Crippen MR) is 63.4 cm³/mol. The molecule has 1 rings (SSSR count). The van der Waals surface area contributed by atoms with Crippen LogP contribution in [0.3, 0.4) is 0 Å². The second-order valence-electron chi connectivity index (χ2n) is 3.17. The van der Waals surface area contributed by atoms with Crippen LogP contribution in [0.25, 0.3) is 0 Å². The topological polar surface area (TPSA) is 87.7 Å². The van der Waals surface area contributed by atoms with Gasteiger partial charge in [0.15, 0.2) is 0 Å². The number of carbonyl (C=O) groups is 2. The molecule has 0 saturated heterocycles.